The van der Waals surface area contributed by atoms with Gasteiger partial charge in [-0.05, 0) is 35.7 Å². The van der Waals surface area contributed by atoms with Crippen LogP contribution in [0.4, 0.5) is 0 Å². The fraction of sp³-hybridized carbons (Fsp3) is 0.400. The fourth-order valence-corrected chi connectivity index (χ4v) is 8.38. The lowest BCUT2D eigenvalue weighted by atomic mass is 10.2. The van der Waals surface area contributed by atoms with Crippen molar-refractivity contribution in [2.24, 2.45) is 0 Å². The Morgan fingerprint density at radius 1 is 1.00 bits per heavy atom. The first-order valence-corrected chi connectivity index (χ1v) is 12.3. The van der Waals surface area contributed by atoms with Crippen LogP contribution in [0.2, 0.25) is 5.04 Å². The molecule has 156 valence electrons. The number of carbonyl (C=O) groups is 1. The predicted octanol–water partition coefficient (Wildman–Crippen LogP) is 4.85. The lowest BCUT2D eigenvalue weighted by Crippen LogP contribution is -2.67. The van der Waals surface area contributed by atoms with Gasteiger partial charge in [-0.2, -0.15) is 0 Å². The molecule has 2 aromatic carbocycles. The average Bonchev–Trinajstić information content (AvgIpc) is 2.70. The van der Waals surface area contributed by atoms with E-state index in [1.165, 1.54) is 10.4 Å². The van der Waals surface area contributed by atoms with Gasteiger partial charge in [0, 0.05) is 6.42 Å². The molecule has 29 heavy (non-hydrogen) atoms. The van der Waals surface area contributed by atoms with E-state index in [2.05, 4.69) is 94.4 Å². The Labute approximate surface area is 176 Å². The first kappa shape index (κ1) is 23.1. The third-order valence-corrected chi connectivity index (χ3v) is 10.1. The quantitative estimate of drug-likeness (QED) is 0.337. The number of carbonyl (C=O) groups excluding carboxylic acids is 1. The highest BCUT2D eigenvalue weighted by Gasteiger charge is 2.50. The number of hydrogen-bond donors (Lipinski definition) is 0. The molecule has 2 aromatic rings. The average molecular weight is 411 g/mol. The predicted molar refractivity (Wildman–Crippen MR) is 123 cm³/mol. The highest BCUT2D eigenvalue weighted by atomic mass is 28.4. The monoisotopic (exact) mass is 410 g/mol. The van der Waals surface area contributed by atoms with Crippen molar-refractivity contribution < 1.29 is 14.0 Å². The highest BCUT2D eigenvalue weighted by molar-refractivity contribution is 6.99. The van der Waals surface area contributed by atoms with Gasteiger partial charge in [0.25, 0.3) is 8.32 Å². The smallest absolute Gasteiger partial charge is 0.306 e. The number of rotatable bonds is 9. The van der Waals surface area contributed by atoms with E-state index in [0.29, 0.717) is 19.4 Å². The third kappa shape index (κ3) is 5.91. The Bertz CT molecular complexity index is 739. The van der Waals surface area contributed by atoms with Gasteiger partial charge in [0.2, 0.25) is 0 Å². The van der Waals surface area contributed by atoms with E-state index in [4.69, 9.17) is 9.16 Å². The Morgan fingerprint density at radius 2 is 1.52 bits per heavy atom. The molecule has 3 nitrogen and oxygen atoms in total. The van der Waals surface area contributed by atoms with Crippen LogP contribution >= 0.6 is 0 Å². The van der Waals surface area contributed by atoms with E-state index in [9.17, 15) is 4.79 Å². The van der Waals surface area contributed by atoms with Crippen molar-refractivity contribution in [2.45, 2.75) is 58.6 Å². The molecule has 1 atom stereocenters. The molecule has 0 radical (unpaired) electrons. The van der Waals surface area contributed by atoms with E-state index < -0.39 is 8.32 Å². The maximum absolute atomic E-state index is 11.5. The van der Waals surface area contributed by atoms with Crippen LogP contribution in [0.3, 0.4) is 0 Å². The van der Waals surface area contributed by atoms with Crippen molar-refractivity contribution >= 4 is 24.7 Å². The topological polar surface area (TPSA) is 35.5 Å². The molecule has 0 aliphatic carbocycles. The molecule has 0 fully saturated rings. The Balaban J connectivity index is 2.32. The van der Waals surface area contributed by atoms with E-state index in [-0.39, 0.29) is 17.1 Å². The molecule has 0 heterocycles. The number of benzene rings is 2. The van der Waals surface area contributed by atoms with E-state index >= 15 is 0 Å². The van der Waals surface area contributed by atoms with Gasteiger partial charge in [-0.1, -0.05) is 93.6 Å². The van der Waals surface area contributed by atoms with Crippen LogP contribution in [-0.4, -0.2) is 27.0 Å². The van der Waals surface area contributed by atoms with Crippen LogP contribution in [0.1, 0.15) is 47.5 Å². The molecular formula is C25H34O3Si. The third-order valence-electron chi connectivity index (χ3n) is 5.01. The summed E-state index contributed by atoms with van der Waals surface area (Å²) in [6, 6.07) is 21.3. The minimum absolute atomic E-state index is 0.0528. The molecule has 0 aromatic heterocycles. The minimum atomic E-state index is -2.55. The van der Waals surface area contributed by atoms with E-state index in [1.807, 2.05) is 13.0 Å². The van der Waals surface area contributed by atoms with Gasteiger partial charge in [-0.3, -0.25) is 4.79 Å². The van der Waals surface area contributed by atoms with Gasteiger partial charge in [0.15, 0.2) is 0 Å². The molecule has 0 N–H and O–H groups in total. The Hall–Kier alpha value is -2.17. The van der Waals surface area contributed by atoms with Gasteiger partial charge in [-0.15, -0.1) is 0 Å². The van der Waals surface area contributed by atoms with Crippen molar-refractivity contribution in [3.05, 3.63) is 72.8 Å². The van der Waals surface area contributed by atoms with Crippen LogP contribution < -0.4 is 10.4 Å². The normalized spacial score (nSPS) is 13.4. The maximum atomic E-state index is 11.5. The second-order valence-corrected chi connectivity index (χ2v) is 12.5. The van der Waals surface area contributed by atoms with Crippen LogP contribution in [0.15, 0.2) is 72.8 Å². The SMILES string of the molecule is CCOC(=O)CC/C=C\[C@H](C)O[Si](c1ccccc1)(c1ccccc1)C(C)(C)C. The summed E-state index contributed by atoms with van der Waals surface area (Å²) < 4.78 is 12.0. The zero-order valence-electron chi connectivity index (χ0n) is 18.4. The molecule has 0 amide bonds. The number of esters is 1. The van der Waals surface area contributed by atoms with E-state index in [0.717, 1.165) is 0 Å². The Morgan fingerprint density at radius 3 is 1.97 bits per heavy atom. The maximum Gasteiger partial charge on any atom is 0.306 e. The van der Waals surface area contributed by atoms with Crippen LogP contribution in [0, 0.1) is 0 Å². The lowest BCUT2D eigenvalue weighted by Gasteiger charge is -2.44. The Kier molecular flexibility index (Phi) is 8.41. The molecule has 0 aliphatic heterocycles. The van der Waals surface area contributed by atoms with Crippen molar-refractivity contribution in [2.75, 3.05) is 6.61 Å². The van der Waals surface area contributed by atoms with Crippen LogP contribution in [0.5, 0.6) is 0 Å². The molecule has 0 bridgehead atoms. The number of hydrogen-bond acceptors (Lipinski definition) is 3. The summed E-state index contributed by atoms with van der Waals surface area (Å²) >= 11 is 0. The standard InChI is InChI=1S/C25H34O3Si/c1-6-27-24(26)20-14-13-15-21(2)28-29(25(3,4)5,22-16-9-7-10-17-22)23-18-11-8-12-19-23/h7-13,15-19,21H,6,14,20H2,1-5H3/b15-13-/t21-/m0/s1. The van der Waals surface area contributed by atoms with E-state index in [1.54, 1.807) is 0 Å². The van der Waals surface area contributed by atoms with Gasteiger partial charge in [-0.25, -0.2) is 0 Å². The van der Waals surface area contributed by atoms with Crippen molar-refractivity contribution in [1.82, 2.24) is 0 Å². The summed E-state index contributed by atoms with van der Waals surface area (Å²) in [4.78, 5) is 11.5. The summed E-state index contributed by atoms with van der Waals surface area (Å²) in [5.41, 5.74) is 0. The summed E-state index contributed by atoms with van der Waals surface area (Å²) in [7, 11) is -2.55. The van der Waals surface area contributed by atoms with Gasteiger partial charge >= 0.3 is 5.97 Å². The van der Waals surface area contributed by atoms with Crippen molar-refractivity contribution in [1.29, 1.82) is 0 Å². The molecule has 0 aliphatic rings. The van der Waals surface area contributed by atoms with Gasteiger partial charge in [0.05, 0.1) is 12.7 Å². The summed E-state index contributed by atoms with van der Waals surface area (Å²) in [6.45, 7) is 11.2. The molecule has 0 spiro atoms. The van der Waals surface area contributed by atoms with Gasteiger partial charge in [0.1, 0.15) is 0 Å². The molecule has 0 saturated carbocycles. The first-order chi connectivity index (χ1) is 13.8. The number of ether oxygens (including phenoxy) is 1. The zero-order chi connectivity index (χ0) is 21.3. The highest BCUT2D eigenvalue weighted by Crippen LogP contribution is 2.37. The van der Waals surface area contributed by atoms with Crippen LogP contribution in [0.25, 0.3) is 0 Å². The molecule has 2 rings (SSSR count). The zero-order valence-corrected chi connectivity index (χ0v) is 19.4. The summed E-state index contributed by atoms with van der Waals surface area (Å²) in [5, 5.41) is 2.49. The van der Waals surface area contributed by atoms with Gasteiger partial charge < -0.3 is 9.16 Å². The summed E-state index contributed by atoms with van der Waals surface area (Å²) in [6.07, 6.45) is 5.09. The number of allylic oxidation sites excluding steroid dienone is 1. The molecule has 0 saturated heterocycles. The minimum Gasteiger partial charge on any atom is -0.466 e. The second-order valence-electron chi connectivity index (χ2n) is 8.26. The molecular weight excluding hydrogens is 376 g/mol. The van der Waals surface area contributed by atoms with Crippen molar-refractivity contribution in [3.63, 3.8) is 0 Å². The largest absolute Gasteiger partial charge is 0.466 e. The van der Waals surface area contributed by atoms with Crippen LogP contribution in [-0.2, 0) is 14.0 Å². The second kappa shape index (κ2) is 10.6. The molecule has 4 heteroatoms. The first-order valence-electron chi connectivity index (χ1n) is 10.4. The van der Waals surface area contributed by atoms with Crippen molar-refractivity contribution in [3.8, 4) is 0 Å². The lowest BCUT2D eigenvalue weighted by molar-refractivity contribution is -0.143. The fourth-order valence-electron chi connectivity index (χ4n) is 3.73. The molecule has 0 unspecified atom stereocenters. The summed E-state index contributed by atoms with van der Waals surface area (Å²) in [5.74, 6) is -0.155.